The normalized spacial score (nSPS) is 16.5. The van der Waals surface area contributed by atoms with Gasteiger partial charge >= 0.3 is 0 Å². The number of ether oxygens (including phenoxy) is 1. The van der Waals surface area contributed by atoms with Gasteiger partial charge in [-0.2, -0.15) is 0 Å². The monoisotopic (exact) mass is 430 g/mol. The molecule has 0 saturated carbocycles. The Hall–Kier alpha value is -1.46. The third-order valence-electron chi connectivity index (χ3n) is 5.48. The topological polar surface area (TPSA) is 15.7 Å². The van der Waals surface area contributed by atoms with Gasteiger partial charge in [-0.1, -0.05) is 54.1 Å². The van der Waals surface area contributed by atoms with Crippen LogP contribution in [-0.4, -0.2) is 54.2 Å². The summed E-state index contributed by atoms with van der Waals surface area (Å²) < 4.78 is 5.37. The predicted octanol–water partition coefficient (Wildman–Crippen LogP) is 5.58. The molecule has 5 heteroatoms. The second-order valence-electron chi connectivity index (χ2n) is 7.50. The van der Waals surface area contributed by atoms with E-state index in [9.17, 15) is 0 Å². The number of benzene rings is 2. The molecule has 0 spiro atoms. The maximum Gasteiger partial charge on any atom is 0.159 e. The molecule has 2 aromatic rings. The van der Waals surface area contributed by atoms with E-state index in [1.807, 2.05) is 19.1 Å². The molecule has 2 aromatic carbocycles. The Morgan fingerprint density at radius 3 is 2.28 bits per heavy atom. The van der Waals surface area contributed by atoms with Crippen LogP contribution in [0.4, 0.5) is 0 Å². The molecule has 0 N–H and O–H groups in total. The Kier molecular flexibility index (Phi) is 8.93. The van der Waals surface area contributed by atoms with E-state index in [0.717, 1.165) is 55.6 Å². The minimum atomic E-state index is 0.277. The van der Waals surface area contributed by atoms with Crippen LogP contribution in [-0.2, 0) is 4.74 Å². The van der Waals surface area contributed by atoms with Gasteiger partial charge in [0.05, 0.1) is 12.6 Å². The first-order valence-electron chi connectivity index (χ1n) is 10.6. The molecule has 0 aromatic heterocycles. The van der Waals surface area contributed by atoms with E-state index >= 15 is 0 Å². The van der Waals surface area contributed by atoms with Crippen LogP contribution in [0.5, 0.6) is 0 Å². The molecule has 0 aliphatic carbocycles. The van der Waals surface area contributed by atoms with Crippen molar-refractivity contribution >= 4 is 28.9 Å². The van der Waals surface area contributed by atoms with Crippen molar-refractivity contribution < 1.29 is 4.74 Å². The van der Waals surface area contributed by atoms with Crippen LogP contribution in [0.2, 0.25) is 5.02 Å². The van der Waals surface area contributed by atoms with Gasteiger partial charge in [0.25, 0.3) is 0 Å². The maximum atomic E-state index is 6.13. The minimum absolute atomic E-state index is 0.277. The van der Waals surface area contributed by atoms with Gasteiger partial charge < -0.3 is 9.64 Å². The summed E-state index contributed by atoms with van der Waals surface area (Å²) in [5.41, 5.74) is 2.64. The highest BCUT2D eigenvalue weighted by Gasteiger charge is 2.26. The highest BCUT2D eigenvalue weighted by molar-refractivity contribution is 7.80. The fourth-order valence-corrected chi connectivity index (χ4v) is 4.37. The van der Waals surface area contributed by atoms with E-state index in [0.29, 0.717) is 6.61 Å². The largest absolute Gasteiger partial charge is 0.487 e. The summed E-state index contributed by atoms with van der Waals surface area (Å²) >= 11 is 11.3. The number of unbranched alkanes of at least 4 members (excludes halogenated alkanes) is 1. The van der Waals surface area contributed by atoms with Crippen LogP contribution in [0.15, 0.2) is 54.6 Å². The van der Waals surface area contributed by atoms with Crippen molar-refractivity contribution in [3.05, 3.63) is 70.7 Å². The van der Waals surface area contributed by atoms with Crippen molar-refractivity contribution in [2.24, 2.45) is 0 Å². The number of halogens is 1. The molecule has 1 aliphatic heterocycles. The van der Waals surface area contributed by atoms with Crippen molar-refractivity contribution in [2.45, 2.75) is 32.2 Å². The first kappa shape index (κ1) is 22.2. The van der Waals surface area contributed by atoms with Gasteiger partial charge in [0.2, 0.25) is 0 Å². The molecular formula is C24H31ClN2OS. The summed E-state index contributed by atoms with van der Waals surface area (Å²) in [6, 6.07) is 19.4. The van der Waals surface area contributed by atoms with Crippen LogP contribution >= 0.6 is 23.8 Å². The average molecular weight is 431 g/mol. The van der Waals surface area contributed by atoms with Gasteiger partial charge in [-0.15, -0.1) is 0 Å². The Labute approximate surface area is 185 Å². The Balaban J connectivity index is 1.55. The molecule has 1 fully saturated rings. The zero-order chi connectivity index (χ0) is 20.5. The number of hydrogen-bond acceptors (Lipinski definition) is 4. The van der Waals surface area contributed by atoms with Crippen LogP contribution in [0.1, 0.15) is 43.4 Å². The van der Waals surface area contributed by atoms with Gasteiger partial charge in [-0.05, 0) is 61.8 Å². The number of piperazine rings is 1. The molecule has 1 heterocycles. The summed E-state index contributed by atoms with van der Waals surface area (Å²) in [5.74, 6) is 0. The molecule has 1 saturated heterocycles. The van der Waals surface area contributed by atoms with Crippen molar-refractivity contribution in [1.82, 2.24) is 9.80 Å². The summed E-state index contributed by atoms with van der Waals surface area (Å²) in [7, 11) is 0. The van der Waals surface area contributed by atoms with E-state index < -0.39 is 0 Å². The third-order valence-corrected chi connectivity index (χ3v) is 6.06. The summed E-state index contributed by atoms with van der Waals surface area (Å²) in [6.07, 6.45) is 3.18. The van der Waals surface area contributed by atoms with Crippen molar-refractivity contribution in [3.8, 4) is 0 Å². The predicted molar refractivity (Wildman–Crippen MR) is 126 cm³/mol. The Morgan fingerprint density at radius 2 is 1.62 bits per heavy atom. The lowest BCUT2D eigenvalue weighted by atomic mass is 9.96. The first-order chi connectivity index (χ1) is 14.2. The summed E-state index contributed by atoms with van der Waals surface area (Å²) in [6.45, 7) is 8.15. The van der Waals surface area contributed by atoms with Crippen LogP contribution in [0, 0.1) is 0 Å². The smallest absolute Gasteiger partial charge is 0.159 e. The minimum Gasteiger partial charge on any atom is -0.487 e. The number of hydrogen-bond donors (Lipinski definition) is 0. The van der Waals surface area contributed by atoms with E-state index in [4.69, 9.17) is 28.6 Å². The molecule has 1 unspecified atom stereocenters. The molecule has 0 radical (unpaired) electrons. The standard InChI is InChI=1S/C24H31ClN2OS/c1-2-28-23(29)10-6-7-15-26-16-18-27(19-17-26)24(20-8-4-3-5-9-20)21-11-13-22(25)14-12-21/h3-5,8-9,11-14,24H,2,6-7,10,15-19H2,1H3. The van der Waals surface area contributed by atoms with Gasteiger partial charge in [-0.3, -0.25) is 4.90 Å². The highest BCUT2D eigenvalue weighted by Crippen LogP contribution is 2.30. The summed E-state index contributed by atoms with van der Waals surface area (Å²) in [5, 5.41) is 1.54. The molecule has 29 heavy (non-hydrogen) atoms. The van der Waals surface area contributed by atoms with E-state index in [2.05, 4.69) is 52.3 Å². The van der Waals surface area contributed by atoms with Gasteiger partial charge in [0.15, 0.2) is 5.05 Å². The van der Waals surface area contributed by atoms with Gasteiger partial charge in [0.1, 0.15) is 0 Å². The fraction of sp³-hybridized carbons (Fsp3) is 0.458. The molecule has 3 rings (SSSR count). The van der Waals surface area contributed by atoms with E-state index in [1.54, 1.807) is 0 Å². The lowest BCUT2D eigenvalue weighted by Crippen LogP contribution is -2.48. The van der Waals surface area contributed by atoms with Crippen LogP contribution in [0.25, 0.3) is 0 Å². The van der Waals surface area contributed by atoms with E-state index in [-0.39, 0.29) is 6.04 Å². The molecule has 0 bridgehead atoms. The maximum absolute atomic E-state index is 6.13. The van der Waals surface area contributed by atoms with Crippen LogP contribution in [0.3, 0.4) is 0 Å². The van der Waals surface area contributed by atoms with Gasteiger partial charge in [-0.25, -0.2) is 0 Å². The first-order valence-corrected chi connectivity index (χ1v) is 11.4. The lowest BCUT2D eigenvalue weighted by Gasteiger charge is -2.40. The SMILES string of the molecule is CCOC(=S)CCCCN1CCN(C(c2ccccc2)c2ccc(Cl)cc2)CC1. The van der Waals surface area contributed by atoms with E-state index in [1.165, 1.54) is 17.5 Å². The summed E-state index contributed by atoms with van der Waals surface area (Å²) in [4.78, 5) is 5.17. The third kappa shape index (κ3) is 6.78. The van der Waals surface area contributed by atoms with Crippen LogP contribution < -0.4 is 0 Å². The molecule has 1 aliphatic rings. The number of nitrogens with zero attached hydrogens (tertiary/aromatic N) is 2. The fourth-order valence-electron chi connectivity index (χ4n) is 3.98. The zero-order valence-corrected chi connectivity index (χ0v) is 18.8. The highest BCUT2D eigenvalue weighted by atomic mass is 35.5. The second-order valence-corrected chi connectivity index (χ2v) is 8.40. The molecule has 3 nitrogen and oxygen atoms in total. The molecule has 156 valence electrons. The Bertz CT molecular complexity index is 745. The number of thiocarbonyl (C=S) groups is 1. The lowest BCUT2D eigenvalue weighted by molar-refractivity contribution is 0.108. The second kappa shape index (κ2) is 11.7. The quantitative estimate of drug-likeness (QED) is 0.381. The zero-order valence-electron chi connectivity index (χ0n) is 17.2. The Morgan fingerprint density at radius 1 is 0.966 bits per heavy atom. The molecule has 0 amide bonds. The average Bonchev–Trinajstić information content (AvgIpc) is 2.75. The molecular weight excluding hydrogens is 400 g/mol. The van der Waals surface area contributed by atoms with Crippen molar-refractivity contribution in [2.75, 3.05) is 39.3 Å². The van der Waals surface area contributed by atoms with Gasteiger partial charge in [0, 0.05) is 37.6 Å². The van der Waals surface area contributed by atoms with Crippen molar-refractivity contribution in [1.29, 1.82) is 0 Å². The number of rotatable bonds is 9. The molecule has 1 atom stereocenters. The van der Waals surface area contributed by atoms with Crippen molar-refractivity contribution in [3.63, 3.8) is 0 Å².